The number of halogens is 4. The van der Waals surface area contributed by atoms with Crippen molar-refractivity contribution in [3.63, 3.8) is 0 Å². The van der Waals surface area contributed by atoms with Crippen LogP contribution >= 0.6 is 0 Å². The molecule has 0 spiro atoms. The van der Waals surface area contributed by atoms with E-state index in [2.05, 4.69) is 4.72 Å². The average molecular weight is 579 g/mol. The molecule has 16 heteroatoms. The predicted molar refractivity (Wildman–Crippen MR) is 132 cm³/mol. The van der Waals surface area contributed by atoms with E-state index in [1.165, 1.54) is 17.0 Å². The van der Waals surface area contributed by atoms with E-state index in [1.54, 1.807) is 20.2 Å². The number of amides is 1. The number of carbonyl (C=O) groups excluding carboxylic acids is 1. The van der Waals surface area contributed by atoms with Crippen LogP contribution in [0.3, 0.4) is 0 Å². The van der Waals surface area contributed by atoms with Gasteiger partial charge in [-0.05, 0) is 42.5 Å². The minimum atomic E-state index is -5.08. The van der Waals surface area contributed by atoms with Gasteiger partial charge in [0.05, 0.1) is 22.7 Å². The standard InChI is InChI=1S/C21H25FN4O5S.C2HF3O2/c1-24(2)20(27)14-25-9-11-26(12-10-25)16-5-8-19(18(13-16)21(28)29)23-32(30,31)17-6-3-15(22)4-7-17;3-2(4,5)1(6)7/h3-8,13,23H,9-12,14H2,1-2H3,(H,28,29);(H,6,7). The molecule has 0 bridgehead atoms. The van der Waals surface area contributed by atoms with Crippen molar-refractivity contribution in [1.82, 2.24) is 9.80 Å². The molecule has 214 valence electrons. The van der Waals surface area contributed by atoms with E-state index < -0.39 is 34.0 Å². The molecular formula is C23H26F4N4O7S. The maximum atomic E-state index is 13.1. The van der Waals surface area contributed by atoms with E-state index in [4.69, 9.17) is 9.90 Å². The van der Waals surface area contributed by atoms with Gasteiger partial charge in [-0.2, -0.15) is 13.2 Å². The summed E-state index contributed by atoms with van der Waals surface area (Å²) in [6.45, 7) is 2.80. The Labute approximate surface area is 221 Å². The van der Waals surface area contributed by atoms with Gasteiger partial charge in [0.25, 0.3) is 10.0 Å². The number of hydrogen-bond donors (Lipinski definition) is 3. The van der Waals surface area contributed by atoms with E-state index in [9.17, 15) is 40.7 Å². The van der Waals surface area contributed by atoms with E-state index in [0.717, 1.165) is 24.3 Å². The number of nitrogens with one attached hydrogen (secondary N) is 1. The van der Waals surface area contributed by atoms with Crippen LogP contribution in [0, 0.1) is 5.82 Å². The number of aliphatic carboxylic acids is 1. The smallest absolute Gasteiger partial charge is 0.478 e. The van der Waals surface area contributed by atoms with Gasteiger partial charge in [-0.1, -0.05) is 0 Å². The van der Waals surface area contributed by atoms with E-state index >= 15 is 0 Å². The molecule has 39 heavy (non-hydrogen) atoms. The predicted octanol–water partition coefficient (Wildman–Crippen LogP) is 2.17. The van der Waals surface area contributed by atoms with Crippen LogP contribution in [0.5, 0.6) is 0 Å². The summed E-state index contributed by atoms with van der Waals surface area (Å²) < 4.78 is 72.3. The van der Waals surface area contributed by atoms with Crippen LogP contribution in [-0.2, 0) is 19.6 Å². The van der Waals surface area contributed by atoms with Gasteiger partial charge in [0.15, 0.2) is 0 Å². The lowest BCUT2D eigenvalue weighted by atomic mass is 10.1. The molecule has 1 heterocycles. The Bertz CT molecular complexity index is 1290. The number of likely N-dealkylation sites (N-methyl/N-ethyl adjacent to an activating group) is 1. The van der Waals surface area contributed by atoms with Crippen molar-refractivity contribution < 1.29 is 50.6 Å². The number of nitrogens with zero attached hydrogens (tertiary/aromatic N) is 3. The van der Waals surface area contributed by atoms with Crippen LogP contribution in [0.1, 0.15) is 10.4 Å². The second-order valence-electron chi connectivity index (χ2n) is 8.45. The first-order chi connectivity index (χ1) is 18.0. The molecule has 1 amide bonds. The highest BCUT2D eigenvalue weighted by Crippen LogP contribution is 2.27. The first-order valence-electron chi connectivity index (χ1n) is 11.1. The number of alkyl halides is 3. The van der Waals surface area contributed by atoms with Crippen molar-refractivity contribution in [2.45, 2.75) is 11.1 Å². The largest absolute Gasteiger partial charge is 0.490 e. The van der Waals surface area contributed by atoms with Crippen LogP contribution in [0.4, 0.5) is 28.9 Å². The number of carboxylic acids is 2. The lowest BCUT2D eigenvalue weighted by molar-refractivity contribution is -0.192. The monoisotopic (exact) mass is 578 g/mol. The van der Waals surface area contributed by atoms with Gasteiger partial charge in [0, 0.05) is 46.0 Å². The van der Waals surface area contributed by atoms with Crippen molar-refractivity contribution in [3.8, 4) is 0 Å². The number of sulfonamides is 1. The van der Waals surface area contributed by atoms with Crippen molar-refractivity contribution in [3.05, 3.63) is 53.8 Å². The minimum Gasteiger partial charge on any atom is -0.478 e. The Kier molecular flexibility index (Phi) is 10.2. The molecule has 11 nitrogen and oxygen atoms in total. The van der Waals surface area contributed by atoms with Crippen LogP contribution in [0.25, 0.3) is 0 Å². The zero-order valence-corrected chi connectivity index (χ0v) is 21.6. The van der Waals surface area contributed by atoms with Gasteiger partial charge in [-0.25, -0.2) is 22.4 Å². The molecule has 2 aromatic rings. The van der Waals surface area contributed by atoms with Gasteiger partial charge in [0.2, 0.25) is 5.91 Å². The van der Waals surface area contributed by atoms with Crippen molar-refractivity contribution in [2.24, 2.45) is 0 Å². The summed E-state index contributed by atoms with van der Waals surface area (Å²) in [7, 11) is -0.673. The molecule has 3 rings (SSSR count). The normalized spacial score (nSPS) is 14.2. The molecule has 1 fully saturated rings. The maximum Gasteiger partial charge on any atom is 0.490 e. The zero-order valence-electron chi connectivity index (χ0n) is 20.8. The number of hydrogen-bond acceptors (Lipinski definition) is 7. The third kappa shape index (κ3) is 9.10. The fraction of sp³-hybridized carbons (Fsp3) is 0.348. The van der Waals surface area contributed by atoms with E-state index in [1.807, 2.05) is 9.80 Å². The Hall–Kier alpha value is -3.92. The summed E-state index contributed by atoms with van der Waals surface area (Å²) in [5.74, 6) is -4.60. The molecule has 0 aromatic heterocycles. The van der Waals surface area contributed by atoms with Crippen LogP contribution in [0.2, 0.25) is 0 Å². The second-order valence-corrected chi connectivity index (χ2v) is 10.1. The minimum absolute atomic E-state index is 0.0180. The zero-order chi connectivity index (χ0) is 29.5. The van der Waals surface area contributed by atoms with Crippen molar-refractivity contribution in [2.75, 3.05) is 56.4 Å². The van der Waals surface area contributed by atoms with Gasteiger partial charge >= 0.3 is 18.1 Å². The molecule has 1 aliphatic rings. The SMILES string of the molecule is CN(C)C(=O)CN1CCN(c2ccc(NS(=O)(=O)c3ccc(F)cc3)c(C(=O)O)c2)CC1.O=C(O)C(F)(F)F. The molecule has 0 radical (unpaired) electrons. The summed E-state index contributed by atoms with van der Waals surface area (Å²) in [5.41, 5.74) is 0.366. The van der Waals surface area contributed by atoms with E-state index in [0.29, 0.717) is 38.4 Å². The number of rotatable bonds is 7. The maximum absolute atomic E-state index is 13.1. The number of benzene rings is 2. The highest BCUT2D eigenvalue weighted by molar-refractivity contribution is 7.92. The molecule has 0 saturated carbocycles. The number of piperazine rings is 1. The topological polar surface area (TPSA) is 148 Å². The highest BCUT2D eigenvalue weighted by atomic mass is 32.2. The first kappa shape index (κ1) is 31.3. The molecule has 1 aliphatic heterocycles. The lowest BCUT2D eigenvalue weighted by Gasteiger charge is -2.36. The van der Waals surface area contributed by atoms with Crippen LogP contribution in [0.15, 0.2) is 47.4 Å². The fourth-order valence-electron chi connectivity index (χ4n) is 3.31. The van der Waals surface area contributed by atoms with Crippen LogP contribution in [-0.4, -0.2) is 99.3 Å². The van der Waals surface area contributed by atoms with Crippen LogP contribution < -0.4 is 9.62 Å². The summed E-state index contributed by atoms with van der Waals surface area (Å²) in [4.78, 5) is 38.0. The number of carboxylic acid groups (broad SMARTS) is 2. The van der Waals surface area contributed by atoms with Crippen molar-refractivity contribution >= 4 is 39.2 Å². The third-order valence-corrected chi connectivity index (χ3v) is 6.82. The molecule has 2 aromatic carbocycles. The third-order valence-electron chi connectivity index (χ3n) is 5.44. The quantitative estimate of drug-likeness (QED) is 0.421. The Morgan fingerprint density at radius 3 is 1.97 bits per heavy atom. The Balaban J connectivity index is 0.000000673. The van der Waals surface area contributed by atoms with E-state index in [-0.39, 0.29) is 22.1 Å². The van der Waals surface area contributed by atoms with Gasteiger partial charge in [-0.3, -0.25) is 14.4 Å². The summed E-state index contributed by atoms with van der Waals surface area (Å²) in [6, 6.07) is 8.71. The molecular weight excluding hydrogens is 552 g/mol. The molecule has 0 atom stereocenters. The van der Waals surface area contributed by atoms with Gasteiger partial charge in [-0.15, -0.1) is 0 Å². The average Bonchev–Trinajstić information content (AvgIpc) is 2.84. The van der Waals surface area contributed by atoms with Crippen molar-refractivity contribution in [1.29, 1.82) is 0 Å². The molecule has 0 unspecified atom stereocenters. The van der Waals surface area contributed by atoms with Gasteiger partial charge in [0.1, 0.15) is 5.82 Å². The molecule has 3 N–H and O–H groups in total. The Morgan fingerprint density at radius 1 is 0.974 bits per heavy atom. The molecule has 0 aliphatic carbocycles. The Morgan fingerprint density at radius 2 is 1.51 bits per heavy atom. The molecule has 1 saturated heterocycles. The number of carbonyl (C=O) groups is 3. The lowest BCUT2D eigenvalue weighted by Crippen LogP contribution is -2.49. The summed E-state index contributed by atoms with van der Waals surface area (Å²) in [5, 5.41) is 16.8. The summed E-state index contributed by atoms with van der Waals surface area (Å²) in [6.07, 6.45) is -5.08. The summed E-state index contributed by atoms with van der Waals surface area (Å²) >= 11 is 0. The second kappa shape index (κ2) is 12.8. The number of aromatic carboxylic acids is 1. The highest BCUT2D eigenvalue weighted by Gasteiger charge is 2.38. The van der Waals surface area contributed by atoms with Gasteiger partial charge < -0.3 is 20.0 Å². The first-order valence-corrected chi connectivity index (χ1v) is 12.6. The number of anilines is 2. The fourth-order valence-corrected chi connectivity index (χ4v) is 4.39.